The first-order chi connectivity index (χ1) is 8.69. The van der Waals surface area contributed by atoms with Gasteiger partial charge in [-0.2, -0.15) is 30.2 Å². The Labute approximate surface area is 111 Å². The van der Waals surface area contributed by atoms with Crippen LogP contribution in [0, 0.1) is 5.92 Å². The van der Waals surface area contributed by atoms with Crippen molar-refractivity contribution in [1.82, 2.24) is 8.61 Å². The van der Waals surface area contributed by atoms with E-state index in [4.69, 9.17) is 5.11 Å². The molecule has 19 heavy (non-hydrogen) atoms. The Morgan fingerprint density at radius 2 is 2.05 bits per heavy atom. The zero-order valence-corrected chi connectivity index (χ0v) is 11.5. The molecule has 1 heterocycles. The van der Waals surface area contributed by atoms with Crippen molar-refractivity contribution < 1.29 is 26.7 Å². The summed E-state index contributed by atoms with van der Waals surface area (Å²) in [6.07, 6.45) is -3.93. The van der Waals surface area contributed by atoms with Gasteiger partial charge in [0.25, 0.3) is 10.2 Å². The molecule has 0 saturated carbocycles. The van der Waals surface area contributed by atoms with E-state index >= 15 is 0 Å². The number of halogens is 3. The van der Waals surface area contributed by atoms with E-state index in [1.165, 1.54) is 7.05 Å². The van der Waals surface area contributed by atoms with E-state index in [1.807, 2.05) is 0 Å². The van der Waals surface area contributed by atoms with Crippen LogP contribution in [0.1, 0.15) is 19.3 Å². The Morgan fingerprint density at radius 3 is 2.58 bits per heavy atom. The predicted octanol–water partition coefficient (Wildman–Crippen LogP) is 0.820. The van der Waals surface area contributed by atoms with Crippen molar-refractivity contribution in [3.05, 3.63) is 0 Å². The van der Waals surface area contributed by atoms with Gasteiger partial charge in [0.15, 0.2) is 0 Å². The maximum absolute atomic E-state index is 12.6. The quantitative estimate of drug-likeness (QED) is 0.818. The lowest BCUT2D eigenvalue weighted by Gasteiger charge is -2.35. The molecule has 0 bridgehead atoms. The first-order valence-corrected chi connectivity index (χ1v) is 7.48. The van der Waals surface area contributed by atoms with Gasteiger partial charge in [-0.3, -0.25) is 0 Å². The fraction of sp³-hybridized carbons (Fsp3) is 1.00. The van der Waals surface area contributed by atoms with E-state index in [9.17, 15) is 21.6 Å². The fourth-order valence-electron chi connectivity index (χ4n) is 2.03. The SMILES string of the molecule is CN(CCCO)S(=O)(=O)N1CCCC(C(F)(F)F)C1. The number of hydrogen-bond acceptors (Lipinski definition) is 3. The van der Waals surface area contributed by atoms with Crippen molar-refractivity contribution in [2.75, 3.05) is 33.3 Å². The number of hydrogen-bond donors (Lipinski definition) is 1. The van der Waals surface area contributed by atoms with Gasteiger partial charge >= 0.3 is 6.18 Å². The molecule has 0 aromatic rings. The lowest BCUT2D eigenvalue weighted by Crippen LogP contribution is -2.49. The first-order valence-electron chi connectivity index (χ1n) is 6.08. The molecule has 1 aliphatic heterocycles. The van der Waals surface area contributed by atoms with Crippen LogP contribution in [-0.4, -0.2) is 61.6 Å². The zero-order valence-electron chi connectivity index (χ0n) is 10.7. The van der Waals surface area contributed by atoms with E-state index in [0.717, 1.165) is 8.61 Å². The lowest BCUT2D eigenvalue weighted by atomic mass is 9.99. The zero-order chi connectivity index (χ0) is 14.7. The molecule has 9 heteroatoms. The van der Waals surface area contributed by atoms with Crippen molar-refractivity contribution in [3.8, 4) is 0 Å². The summed E-state index contributed by atoms with van der Waals surface area (Å²) in [6.45, 7) is -0.481. The minimum absolute atomic E-state index is 0.0319. The van der Waals surface area contributed by atoms with E-state index in [2.05, 4.69) is 0 Å². The largest absolute Gasteiger partial charge is 0.396 e. The molecule has 0 aromatic carbocycles. The topological polar surface area (TPSA) is 60.9 Å². The third-order valence-electron chi connectivity index (χ3n) is 3.20. The minimum atomic E-state index is -4.36. The van der Waals surface area contributed by atoms with Crippen LogP contribution in [0.2, 0.25) is 0 Å². The van der Waals surface area contributed by atoms with Gasteiger partial charge in [-0.1, -0.05) is 0 Å². The molecule has 5 nitrogen and oxygen atoms in total. The second-order valence-electron chi connectivity index (χ2n) is 4.65. The van der Waals surface area contributed by atoms with Gasteiger partial charge in [-0.05, 0) is 19.3 Å². The lowest BCUT2D eigenvalue weighted by molar-refractivity contribution is -0.182. The number of nitrogens with zero attached hydrogens (tertiary/aromatic N) is 2. The van der Waals surface area contributed by atoms with E-state index < -0.39 is 28.8 Å². The van der Waals surface area contributed by atoms with Gasteiger partial charge in [-0.15, -0.1) is 0 Å². The highest BCUT2D eigenvalue weighted by molar-refractivity contribution is 7.86. The first kappa shape index (κ1) is 16.7. The molecule has 1 fully saturated rings. The molecule has 1 saturated heterocycles. The molecule has 0 spiro atoms. The molecule has 0 amide bonds. The van der Waals surface area contributed by atoms with Gasteiger partial charge in [0.1, 0.15) is 0 Å². The second-order valence-corrected chi connectivity index (χ2v) is 6.68. The predicted molar refractivity (Wildman–Crippen MR) is 63.6 cm³/mol. The minimum Gasteiger partial charge on any atom is -0.396 e. The highest BCUT2D eigenvalue weighted by Crippen LogP contribution is 2.34. The average Bonchev–Trinajstić information content (AvgIpc) is 2.35. The molecule has 1 N–H and O–H groups in total. The Kier molecular flexibility index (Phi) is 5.60. The molecule has 114 valence electrons. The maximum atomic E-state index is 12.6. The summed E-state index contributed by atoms with van der Waals surface area (Å²) < 4.78 is 63.9. The Bertz CT molecular complexity index is 386. The molecule has 0 radical (unpaired) electrons. The molecular weight excluding hydrogens is 285 g/mol. The number of piperidine rings is 1. The molecule has 1 unspecified atom stereocenters. The third-order valence-corrected chi connectivity index (χ3v) is 5.15. The molecule has 1 rings (SSSR count). The second kappa shape index (κ2) is 6.38. The monoisotopic (exact) mass is 304 g/mol. The van der Waals surface area contributed by atoms with Crippen molar-refractivity contribution in [1.29, 1.82) is 0 Å². The summed E-state index contributed by atoms with van der Waals surface area (Å²) in [6, 6.07) is 0. The number of alkyl halides is 3. The van der Waals surface area contributed by atoms with E-state index in [-0.39, 0.29) is 39.0 Å². The number of aliphatic hydroxyl groups is 1. The van der Waals surface area contributed by atoms with Gasteiger partial charge < -0.3 is 5.11 Å². The van der Waals surface area contributed by atoms with Gasteiger partial charge in [0.05, 0.1) is 5.92 Å². The number of aliphatic hydroxyl groups excluding tert-OH is 1. The smallest absolute Gasteiger partial charge is 0.393 e. The Hall–Kier alpha value is -0.380. The highest BCUT2D eigenvalue weighted by atomic mass is 32.2. The van der Waals surface area contributed by atoms with Gasteiger partial charge in [0.2, 0.25) is 0 Å². The van der Waals surface area contributed by atoms with Crippen molar-refractivity contribution >= 4 is 10.2 Å². The number of rotatable bonds is 5. The van der Waals surface area contributed by atoms with Crippen molar-refractivity contribution in [3.63, 3.8) is 0 Å². The Morgan fingerprint density at radius 1 is 1.42 bits per heavy atom. The summed E-state index contributed by atoms with van der Waals surface area (Å²) in [4.78, 5) is 0. The summed E-state index contributed by atoms with van der Waals surface area (Å²) >= 11 is 0. The summed E-state index contributed by atoms with van der Waals surface area (Å²) in [5.74, 6) is -1.60. The van der Waals surface area contributed by atoms with Crippen LogP contribution in [0.25, 0.3) is 0 Å². The fourth-order valence-corrected chi connectivity index (χ4v) is 3.51. The van der Waals surface area contributed by atoms with Gasteiger partial charge in [-0.25, -0.2) is 0 Å². The molecule has 1 aliphatic rings. The molecule has 0 aliphatic carbocycles. The Balaban J connectivity index is 2.73. The van der Waals surface area contributed by atoms with Crippen LogP contribution in [0.4, 0.5) is 13.2 Å². The van der Waals surface area contributed by atoms with E-state index in [0.29, 0.717) is 0 Å². The maximum Gasteiger partial charge on any atom is 0.393 e. The molecule has 0 aromatic heterocycles. The standard InChI is InChI=1S/C10H19F3N2O3S/c1-14(5-3-7-16)19(17,18)15-6-2-4-9(8-15)10(11,12)13/h9,16H,2-8H2,1H3. The van der Waals surface area contributed by atoms with Crippen LogP contribution in [-0.2, 0) is 10.2 Å². The van der Waals surface area contributed by atoms with Gasteiger partial charge in [0, 0.05) is 33.3 Å². The molecular formula is C10H19F3N2O3S. The normalized spacial score (nSPS) is 22.9. The third kappa shape index (κ3) is 4.30. The van der Waals surface area contributed by atoms with Crippen LogP contribution in [0.5, 0.6) is 0 Å². The van der Waals surface area contributed by atoms with Crippen LogP contribution in [0.3, 0.4) is 0 Å². The van der Waals surface area contributed by atoms with E-state index in [1.54, 1.807) is 0 Å². The summed E-state index contributed by atoms with van der Waals surface area (Å²) in [5, 5.41) is 8.66. The summed E-state index contributed by atoms with van der Waals surface area (Å²) in [5.41, 5.74) is 0. The van der Waals surface area contributed by atoms with Crippen LogP contribution < -0.4 is 0 Å². The molecule has 1 atom stereocenters. The van der Waals surface area contributed by atoms with Crippen molar-refractivity contribution in [2.24, 2.45) is 5.92 Å². The average molecular weight is 304 g/mol. The van der Waals surface area contributed by atoms with Crippen molar-refractivity contribution in [2.45, 2.75) is 25.4 Å². The summed E-state index contributed by atoms with van der Waals surface area (Å²) in [7, 11) is -2.56. The highest BCUT2D eigenvalue weighted by Gasteiger charge is 2.44. The van der Waals surface area contributed by atoms with Crippen LogP contribution >= 0.6 is 0 Å². The van der Waals surface area contributed by atoms with Crippen LogP contribution in [0.15, 0.2) is 0 Å².